The van der Waals surface area contributed by atoms with Crippen molar-refractivity contribution in [1.82, 2.24) is 19.9 Å². The minimum atomic E-state index is -4.13. The highest BCUT2D eigenvalue weighted by atomic mass is 32.2. The summed E-state index contributed by atoms with van der Waals surface area (Å²) in [7, 11) is -4.13. The first kappa shape index (κ1) is 15.0. The number of nitrogens with one attached hydrogen (secondary N) is 2. The van der Waals surface area contributed by atoms with E-state index in [2.05, 4.69) is 19.9 Å². The lowest BCUT2D eigenvalue weighted by Gasteiger charge is -2.06. The third-order valence-electron chi connectivity index (χ3n) is 2.53. The first-order valence-electron chi connectivity index (χ1n) is 5.68. The molecule has 0 aliphatic carbocycles. The molecule has 1 aromatic carbocycles. The van der Waals surface area contributed by atoms with Crippen LogP contribution in [-0.2, 0) is 16.4 Å². The maximum absolute atomic E-state index is 13.0. The second kappa shape index (κ2) is 5.93. The van der Waals surface area contributed by atoms with Crippen LogP contribution < -0.4 is 4.72 Å². The molecule has 0 amide bonds. The topological polar surface area (TPSA) is 131 Å². The molecule has 0 saturated carbocycles. The van der Waals surface area contributed by atoms with Crippen molar-refractivity contribution in [2.75, 3.05) is 6.54 Å². The van der Waals surface area contributed by atoms with Crippen LogP contribution in [0, 0.1) is 15.9 Å². The van der Waals surface area contributed by atoms with Gasteiger partial charge in [-0.05, 0) is 12.1 Å². The van der Waals surface area contributed by atoms with Crippen LogP contribution in [0.4, 0.5) is 10.1 Å². The summed E-state index contributed by atoms with van der Waals surface area (Å²) in [5.74, 6) is -0.423. The van der Waals surface area contributed by atoms with Gasteiger partial charge in [0.1, 0.15) is 18.0 Å². The zero-order valence-corrected chi connectivity index (χ0v) is 11.3. The van der Waals surface area contributed by atoms with Crippen molar-refractivity contribution in [1.29, 1.82) is 0 Å². The largest absolute Gasteiger partial charge is 0.292 e. The number of H-pyrrole nitrogens is 1. The quantitative estimate of drug-likeness (QED) is 0.585. The van der Waals surface area contributed by atoms with Gasteiger partial charge in [0.15, 0.2) is 4.90 Å². The van der Waals surface area contributed by atoms with Gasteiger partial charge in [-0.3, -0.25) is 15.2 Å². The Morgan fingerprint density at radius 3 is 2.81 bits per heavy atom. The predicted molar refractivity (Wildman–Crippen MR) is 68.3 cm³/mol. The molecule has 1 heterocycles. The first-order chi connectivity index (χ1) is 9.90. The van der Waals surface area contributed by atoms with E-state index in [1.807, 2.05) is 0 Å². The third kappa shape index (κ3) is 3.58. The number of sulfonamides is 1. The SMILES string of the molecule is O=[N+]([O-])c1cc(F)ccc1S(=O)(=O)NCCc1ncn[nH]1. The molecule has 2 rings (SSSR count). The van der Waals surface area contributed by atoms with Gasteiger partial charge in [-0.1, -0.05) is 0 Å². The molecular weight excluding hydrogens is 305 g/mol. The van der Waals surface area contributed by atoms with Crippen LogP contribution in [0.15, 0.2) is 29.4 Å². The van der Waals surface area contributed by atoms with E-state index in [0.29, 0.717) is 11.9 Å². The molecule has 2 aromatic rings. The average molecular weight is 315 g/mol. The number of nitro groups is 1. The van der Waals surface area contributed by atoms with Gasteiger partial charge in [0.25, 0.3) is 5.69 Å². The van der Waals surface area contributed by atoms with Crippen molar-refractivity contribution in [3.05, 3.63) is 46.3 Å². The Balaban J connectivity index is 2.17. The number of nitro benzene ring substituents is 1. The van der Waals surface area contributed by atoms with E-state index in [9.17, 15) is 22.9 Å². The molecule has 0 aliphatic rings. The van der Waals surface area contributed by atoms with Gasteiger partial charge in [0.2, 0.25) is 10.0 Å². The smallest absolute Gasteiger partial charge is 0.263 e. The van der Waals surface area contributed by atoms with Crippen LogP contribution in [-0.4, -0.2) is 35.1 Å². The maximum Gasteiger partial charge on any atom is 0.292 e. The third-order valence-corrected chi connectivity index (χ3v) is 4.03. The Hall–Kier alpha value is -2.40. The average Bonchev–Trinajstić information content (AvgIpc) is 2.91. The van der Waals surface area contributed by atoms with Crippen molar-refractivity contribution < 1.29 is 17.7 Å². The molecule has 0 saturated heterocycles. The van der Waals surface area contributed by atoms with E-state index in [1.165, 1.54) is 6.33 Å². The standard InChI is InChI=1S/C10H10FN5O4S/c11-7-1-2-9(8(5-7)16(17)18)21(19,20)14-4-3-10-12-6-13-15-10/h1-2,5-6,14H,3-4H2,(H,12,13,15). The monoisotopic (exact) mass is 315 g/mol. The summed E-state index contributed by atoms with van der Waals surface area (Å²) < 4.78 is 39.2. The second-order valence-electron chi connectivity index (χ2n) is 3.95. The van der Waals surface area contributed by atoms with Gasteiger partial charge < -0.3 is 0 Å². The van der Waals surface area contributed by atoms with Crippen LogP contribution in [0.25, 0.3) is 0 Å². The van der Waals surface area contributed by atoms with Gasteiger partial charge >= 0.3 is 0 Å². The number of rotatable bonds is 6. The molecule has 0 unspecified atom stereocenters. The minimum Gasteiger partial charge on any atom is -0.263 e. The van der Waals surface area contributed by atoms with Crippen LogP contribution in [0.2, 0.25) is 0 Å². The molecule has 0 fully saturated rings. The van der Waals surface area contributed by atoms with Gasteiger partial charge in [0.05, 0.1) is 11.0 Å². The number of aromatic amines is 1. The highest BCUT2D eigenvalue weighted by Crippen LogP contribution is 2.24. The van der Waals surface area contributed by atoms with Crippen LogP contribution in [0.5, 0.6) is 0 Å². The molecule has 0 aliphatic heterocycles. The Morgan fingerprint density at radius 2 is 2.19 bits per heavy atom. The summed E-state index contributed by atoms with van der Waals surface area (Å²) in [4.78, 5) is 13.1. The molecule has 11 heteroatoms. The van der Waals surface area contributed by atoms with E-state index in [0.717, 1.165) is 12.1 Å². The summed E-state index contributed by atoms with van der Waals surface area (Å²) in [6.45, 7) is -0.0357. The summed E-state index contributed by atoms with van der Waals surface area (Å²) in [5.41, 5.74) is -0.817. The summed E-state index contributed by atoms with van der Waals surface area (Å²) in [6.07, 6.45) is 1.50. The van der Waals surface area contributed by atoms with E-state index in [-0.39, 0.29) is 13.0 Å². The summed E-state index contributed by atoms with van der Waals surface area (Å²) in [5, 5.41) is 16.9. The molecule has 0 spiro atoms. The number of benzene rings is 1. The number of nitrogens with zero attached hydrogens (tertiary/aromatic N) is 3. The van der Waals surface area contributed by atoms with Gasteiger partial charge in [0, 0.05) is 13.0 Å². The normalized spacial score (nSPS) is 11.5. The second-order valence-corrected chi connectivity index (χ2v) is 5.68. The number of halogens is 1. The highest BCUT2D eigenvalue weighted by molar-refractivity contribution is 7.89. The Morgan fingerprint density at radius 1 is 1.43 bits per heavy atom. The zero-order chi connectivity index (χ0) is 15.5. The molecule has 0 radical (unpaired) electrons. The van der Waals surface area contributed by atoms with Crippen molar-refractivity contribution in [2.24, 2.45) is 0 Å². The van der Waals surface area contributed by atoms with E-state index in [4.69, 9.17) is 0 Å². The minimum absolute atomic E-state index is 0.0357. The van der Waals surface area contributed by atoms with E-state index in [1.54, 1.807) is 0 Å². The van der Waals surface area contributed by atoms with Gasteiger partial charge in [-0.25, -0.2) is 22.5 Å². The van der Waals surface area contributed by atoms with Crippen LogP contribution >= 0.6 is 0 Å². The fraction of sp³-hybridized carbons (Fsp3) is 0.200. The molecule has 2 N–H and O–H groups in total. The molecular formula is C10H10FN5O4S. The van der Waals surface area contributed by atoms with Gasteiger partial charge in [-0.2, -0.15) is 5.10 Å². The highest BCUT2D eigenvalue weighted by Gasteiger charge is 2.26. The fourth-order valence-corrected chi connectivity index (χ4v) is 2.78. The predicted octanol–water partition coefficient (Wildman–Crippen LogP) is 0.373. The lowest BCUT2D eigenvalue weighted by molar-refractivity contribution is -0.388. The molecule has 0 bridgehead atoms. The van der Waals surface area contributed by atoms with Crippen LogP contribution in [0.1, 0.15) is 5.82 Å². The molecule has 9 nitrogen and oxygen atoms in total. The number of hydrogen-bond acceptors (Lipinski definition) is 6. The zero-order valence-electron chi connectivity index (χ0n) is 10.5. The number of aromatic nitrogens is 3. The molecule has 112 valence electrons. The van der Waals surface area contributed by atoms with E-state index >= 15 is 0 Å². The van der Waals surface area contributed by atoms with Crippen LogP contribution in [0.3, 0.4) is 0 Å². The number of hydrogen-bond donors (Lipinski definition) is 2. The lowest BCUT2D eigenvalue weighted by Crippen LogP contribution is -2.27. The summed E-state index contributed by atoms with van der Waals surface area (Å²) >= 11 is 0. The van der Waals surface area contributed by atoms with Gasteiger partial charge in [-0.15, -0.1) is 0 Å². The summed E-state index contributed by atoms with van der Waals surface area (Å²) in [6, 6.07) is 2.26. The molecule has 0 atom stereocenters. The molecule has 1 aromatic heterocycles. The Bertz CT molecular complexity index is 747. The Kier molecular flexibility index (Phi) is 4.23. The first-order valence-corrected chi connectivity index (χ1v) is 7.16. The molecule has 21 heavy (non-hydrogen) atoms. The van der Waals surface area contributed by atoms with Crippen molar-refractivity contribution in [3.63, 3.8) is 0 Å². The Labute approximate surface area is 118 Å². The van der Waals surface area contributed by atoms with Crippen molar-refractivity contribution >= 4 is 15.7 Å². The van der Waals surface area contributed by atoms with Crippen molar-refractivity contribution in [3.8, 4) is 0 Å². The fourth-order valence-electron chi connectivity index (χ4n) is 1.59. The maximum atomic E-state index is 13.0. The van der Waals surface area contributed by atoms with Crippen molar-refractivity contribution in [2.45, 2.75) is 11.3 Å². The lowest BCUT2D eigenvalue weighted by atomic mass is 10.3. The van der Waals surface area contributed by atoms with E-state index < -0.39 is 31.3 Å².